The largest absolute Gasteiger partial charge is 0.497 e. The molecule has 0 unspecified atom stereocenters. The third-order valence-electron chi connectivity index (χ3n) is 2.43. The van der Waals surface area contributed by atoms with E-state index in [1.165, 1.54) is 30.6 Å². The maximum Gasteiger partial charge on any atom is 0.242 e. The Hall–Kier alpha value is -1.64. The lowest BCUT2D eigenvalue weighted by Crippen LogP contribution is -2.23. The Balaban J connectivity index is 2.19. The molecule has 19 heavy (non-hydrogen) atoms. The van der Waals surface area contributed by atoms with E-state index in [0.717, 1.165) is 4.88 Å². The zero-order valence-corrected chi connectivity index (χ0v) is 11.8. The third kappa shape index (κ3) is 3.22. The number of thiazole rings is 1. The van der Waals surface area contributed by atoms with Gasteiger partial charge in [0.2, 0.25) is 10.0 Å². The van der Waals surface area contributed by atoms with Crippen LogP contribution in [0.4, 0.5) is 5.69 Å². The summed E-state index contributed by atoms with van der Waals surface area (Å²) in [5.41, 5.74) is 7.52. The number of nitrogens with zero attached hydrogens (tertiary/aromatic N) is 1. The van der Waals surface area contributed by atoms with Gasteiger partial charge in [-0.2, -0.15) is 0 Å². The smallest absolute Gasteiger partial charge is 0.242 e. The summed E-state index contributed by atoms with van der Waals surface area (Å²) in [7, 11) is -2.15. The summed E-state index contributed by atoms with van der Waals surface area (Å²) < 4.78 is 31.7. The Labute approximate surface area is 115 Å². The monoisotopic (exact) mass is 299 g/mol. The van der Waals surface area contributed by atoms with Crippen molar-refractivity contribution in [1.82, 2.24) is 9.71 Å². The maximum absolute atomic E-state index is 12.1. The molecule has 6 nitrogen and oxygen atoms in total. The van der Waals surface area contributed by atoms with Crippen molar-refractivity contribution in [3.8, 4) is 5.75 Å². The molecule has 0 bridgehead atoms. The lowest BCUT2D eigenvalue weighted by atomic mass is 10.3. The number of anilines is 1. The first-order chi connectivity index (χ1) is 9.03. The van der Waals surface area contributed by atoms with Gasteiger partial charge in [-0.05, 0) is 12.1 Å². The molecule has 102 valence electrons. The van der Waals surface area contributed by atoms with Gasteiger partial charge in [0, 0.05) is 23.7 Å². The molecule has 8 heteroatoms. The third-order valence-corrected chi connectivity index (χ3v) is 4.68. The molecule has 0 aliphatic carbocycles. The molecule has 0 aliphatic heterocycles. The van der Waals surface area contributed by atoms with Crippen molar-refractivity contribution in [2.75, 3.05) is 12.8 Å². The van der Waals surface area contributed by atoms with Crippen LogP contribution in [0.5, 0.6) is 5.75 Å². The second-order valence-electron chi connectivity index (χ2n) is 3.70. The molecule has 0 atom stereocenters. The number of nitrogens with one attached hydrogen (secondary N) is 1. The highest BCUT2D eigenvalue weighted by Crippen LogP contribution is 2.23. The number of sulfonamides is 1. The molecule has 0 aliphatic rings. The lowest BCUT2D eigenvalue weighted by Gasteiger charge is -2.09. The second kappa shape index (κ2) is 5.55. The van der Waals surface area contributed by atoms with E-state index in [1.54, 1.807) is 17.8 Å². The molecule has 1 heterocycles. The molecular weight excluding hydrogens is 286 g/mol. The number of nitrogens with two attached hydrogens (primary N) is 1. The zero-order valence-electron chi connectivity index (χ0n) is 10.2. The van der Waals surface area contributed by atoms with Crippen molar-refractivity contribution >= 4 is 27.0 Å². The minimum absolute atomic E-state index is 0.0396. The molecule has 1 aromatic heterocycles. The topological polar surface area (TPSA) is 94.3 Å². The summed E-state index contributed by atoms with van der Waals surface area (Å²) >= 11 is 1.38. The first-order valence-corrected chi connectivity index (χ1v) is 7.70. The number of aromatic nitrogens is 1. The predicted molar refractivity (Wildman–Crippen MR) is 73.5 cm³/mol. The average Bonchev–Trinajstić information content (AvgIpc) is 2.89. The van der Waals surface area contributed by atoms with Gasteiger partial charge in [-0.1, -0.05) is 0 Å². The summed E-state index contributed by atoms with van der Waals surface area (Å²) in [6, 6.07) is 4.45. The van der Waals surface area contributed by atoms with E-state index in [-0.39, 0.29) is 17.1 Å². The van der Waals surface area contributed by atoms with Gasteiger partial charge in [0.1, 0.15) is 10.6 Å². The molecule has 1 aromatic carbocycles. The first-order valence-electron chi connectivity index (χ1n) is 5.33. The van der Waals surface area contributed by atoms with Crippen LogP contribution in [0.15, 0.2) is 34.8 Å². The lowest BCUT2D eigenvalue weighted by molar-refractivity contribution is 0.414. The molecule has 0 spiro atoms. The van der Waals surface area contributed by atoms with Gasteiger partial charge in [0.05, 0.1) is 18.3 Å². The number of nitrogen functional groups attached to an aromatic ring is 1. The average molecular weight is 299 g/mol. The molecular formula is C11H13N3O3S2. The van der Waals surface area contributed by atoms with Crippen LogP contribution in [0.2, 0.25) is 0 Å². The van der Waals surface area contributed by atoms with Gasteiger partial charge >= 0.3 is 0 Å². The van der Waals surface area contributed by atoms with Crippen molar-refractivity contribution in [3.05, 3.63) is 34.8 Å². The fourth-order valence-corrected chi connectivity index (χ4v) is 3.21. The minimum atomic E-state index is -3.64. The van der Waals surface area contributed by atoms with Gasteiger partial charge in [0.15, 0.2) is 0 Å². The molecule has 0 fully saturated rings. The highest BCUT2D eigenvalue weighted by molar-refractivity contribution is 7.89. The fraction of sp³-hybridized carbons (Fsp3) is 0.182. The van der Waals surface area contributed by atoms with Crippen molar-refractivity contribution in [1.29, 1.82) is 0 Å². The Morgan fingerprint density at radius 3 is 2.84 bits per heavy atom. The molecule has 2 aromatic rings. The maximum atomic E-state index is 12.1. The van der Waals surface area contributed by atoms with E-state index >= 15 is 0 Å². The number of ether oxygens (including phenoxy) is 1. The van der Waals surface area contributed by atoms with Crippen LogP contribution in [-0.4, -0.2) is 20.5 Å². The van der Waals surface area contributed by atoms with Crippen LogP contribution in [0.3, 0.4) is 0 Å². The van der Waals surface area contributed by atoms with E-state index in [9.17, 15) is 8.42 Å². The molecule has 3 N–H and O–H groups in total. The normalized spacial score (nSPS) is 11.4. The van der Waals surface area contributed by atoms with Crippen LogP contribution >= 0.6 is 11.3 Å². The summed E-state index contributed by atoms with van der Waals surface area (Å²) in [6.45, 7) is 0.193. The van der Waals surface area contributed by atoms with Crippen LogP contribution in [0.25, 0.3) is 0 Å². The van der Waals surface area contributed by atoms with Gasteiger partial charge in [-0.25, -0.2) is 13.1 Å². The Bertz CT molecular complexity index is 654. The Kier molecular flexibility index (Phi) is 4.03. The van der Waals surface area contributed by atoms with Crippen molar-refractivity contribution in [2.24, 2.45) is 0 Å². The SMILES string of the molecule is COc1ccc(S(=O)(=O)NCc2cncs2)c(N)c1. The summed E-state index contributed by atoms with van der Waals surface area (Å²) in [5.74, 6) is 0.513. The van der Waals surface area contributed by atoms with E-state index in [4.69, 9.17) is 10.5 Å². The zero-order chi connectivity index (χ0) is 13.9. The number of rotatable bonds is 5. The molecule has 0 radical (unpaired) electrons. The quantitative estimate of drug-likeness (QED) is 0.809. The van der Waals surface area contributed by atoms with E-state index in [2.05, 4.69) is 9.71 Å². The van der Waals surface area contributed by atoms with Crippen molar-refractivity contribution < 1.29 is 13.2 Å². The number of benzene rings is 1. The highest BCUT2D eigenvalue weighted by atomic mass is 32.2. The summed E-state index contributed by atoms with van der Waals surface area (Å²) in [4.78, 5) is 4.75. The Morgan fingerprint density at radius 2 is 2.26 bits per heavy atom. The fourth-order valence-electron chi connectivity index (χ4n) is 1.47. The molecule has 0 saturated carbocycles. The van der Waals surface area contributed by atoms with Crippen LogP contribution < -0.4 is 15.2 Å². The standard InChI is InChI=1S/C11H13N3O3S2/c1-17-8-2-3-11(10(12)4-8)19(15,16)14-6-9-5-13-7-18-9/h2-5,7,14H,6,12H2,1H3. The molecule has 0 saturated heterocycles. The summed E-state index contributed by atoms with van der Waals surface area (Å²) in [5, 5.41) is 0. The van der Waals surface area contributed by atoms with Gasteiger partial charge < -0.3 is 10.5 Å². The van der Waals surface area contributed by atoms with E-state index in [0.29, 0.717) is 5.75 Å². The van der Waals surface area contributed by atoms with Crippen LogP contribution in [0, 0.1) is 0 Å². The number of hydrogen-bond donors (Lipinski definition) is 2. The van der Waals surface area contributed by atoms with Gasteiger partial charge in [-0.3, -0.25) is 4.98 Å². The second-order valence-corrected chi connectivity index (χ2v) is 6.40. The minimum Gasteiger partial charge on any atom is -0.497 e. The van der Waals surface area contributed by atoms with Gasteiger partial charge in [0.25, 0.3) is 0 Å². The van der Waals surface area contributed by atoms with Crippen molar-refractivity contribution in [2.45, 2.75) is 11.4 Å². The molecule has 0 amide bonds. The van der Waals surface area contributed by atoms with E-state index < -0.39 is 10.0 Å². The predicted octanol–water partition coefficient (Wildman–Crippen LogP) is 1.21. The van der Waals surface area contributed by atoms with E-state index in [1.807, 2.05) is 0 Å². The number of methoxy groups -OCH3 is 1. The van der Waals surface area contributed by atoms with Crippen LogP contribution in [0.1, 0.15) is 4.88 Å². The highest BCUT2D eigenvalue weighted by Gasteiger charge is 2.17. The van der Waals surface area contributed by atoms with Gasteiger partial charge in [-0.15, -0.1) is 11.3 Å². The number of hydrogen-bond acceptors (Lipinski definition) is 6. The molecule has 2 rings (SSSR count). The van der Waals surface area contributed by atoms with Crippen LogP contribution in [-0.2, 0) is 16.6 Å². The van der Waals surface area contributed by atoms with Crippen molar-refractivity contribution in [3.63, 3.8) is 0 Å². The Morgan fingerprint density at radius 1 is 1.47 bits per heavy atom. The summed E-state index contributed by atoms with van der Waals surface area (Å²) in [6.07, 6.45) is 1.62. The first kappa shape index (κ1) is 13.8.